The van der Waals surface area contributed by atoms with E-state index in [4.69, 9.17) is 4.74 Å². The molecule has 0 aliphatic carbocycles. The van der Waals surface area contributed by atoms with Gasteiger partial charge in [-0.25, -0.2) is 0 Å². The van der Waals surface area contributed by atoms with Gasteiger partial charge in [-0.1, -0.05) is 0 Å². The van der Waals surface area contributed by atoms with Crippen LogP contribution in [0.3, 0.4) is 0 Å². The molecule has 0 aromatic rings. The van der Waals surface area contributed by atoms with Crippen LogP contribution >= 0.6 is 0 Å². The summed E-state index contributed by atoms with van der Waals surface area (Å²) in [7, 11) is 2.10. The Hall–Kier alpha value is -0.570. The maximum Gasteiger partial charge on any atom is 0.311 e. The third-order valence-electron chi connectivity index (χ3n) is 2.55. The molecular formula is C11H21NO2. The Bertz CT molecular complexity index is 200. The number of likely N-dealkylation sites (tertiary alicyclic amines) is 1. The highest BCUT2D eigenvalue weighted by molar-refractivity contribution is 5.75. The van der Waals surface area contributed by atoms with Crippen LogP contribution < -0.4 is 0 Å². The van der Waals surface area contributed by atoms with Crippen LogP contribution in [0.1, 0.15) is 33.6 Å². The molecule has 1 heterocycles. The number of rotatable bonds is 1. The summed E-state index contributed by atoms with van der Waals surface area (Å²) < 4.78 is 5.44. The molecule has 1 rings (SSSR count). The van der Waals surface area contributed by atoms with Crippen LogP contribution in [0.15, 0.2) is 0 Å². The van der Waals surface area contributed by atoms with Crippen molar-refractivity contribution in [3.8, 4) is 0 Å². The summed E-state index contributed by atoms with van der Waals surface area (Å²) in [5, 5.41) is 0. The minimum atomic E-state index is -0.372. The van der Waals surface area contributed by atoms with Gasteiger partial charge in [0.05, 0.1) is 5.41 Å². The lowest BCUT2D eigenvalue weighted by atomic mass is 9.97. The number of carbonyl (C=O) groups excluding carboxylic acids is 1. The molecule has 82 valence electrons. The number of nitrogens with zero attached hydrogens (tertiary/aromatic N) is 1. The predicted octanol–water partition coefficient (Wildman–Crippen LogP) is 1.67. The molecule has 1 aliphatic rings. The third kappa shape index (κ3) is 3.29. The van der Waals surface area contributed by atoms with E-state index < -0.39 is 0 Å². The molecule has 0 saturated carbocycles. The summed E-state index contributed by atoms with van der Waals surface area (Å²) in [6.45, 7) is 7.74. The first-order valence-electron chi connectivity index (χ1n) is 5.29. The number of esters is 1. The first-order chi connectivity index (χ1) is 6.39. The van der Waals surface area contributed by atoms with E-state index in [2.05, 4.69) is 11.9 Å². The van der Waals surface area contributed by atoms with E-state index in [1.54, 1.807) is 0 Å². The van der Waals surface area contributed by atoms with Crippen molar-refractivity contribution in [2.75, 3.05) is 20.1 Å². The molecule has 0 unspecified atom stereocenters. The van der Waals surface area contributed by atoms with Gasteiger partial charge < -0.3 is 9.64 Å². The van der Waals surface area contributed by atoms with E-state index in [9.17, 15) is 4.79 Å². The zero-order valence-electron chi connectivity index (χ0n) is 9.67. The average molecular weight is 199 g/mol. The van der Waals surface area contributed by atoms with Gasteiger partial charge in [-0.15, -0.1) is 0 Å². The Labute approximate surface area is 86.4 Å². The topological polar surface area (TPSA) is 29.5 Å². The van der Waals surface area contributed by atoms with Gasteiger partial charge >= 0.3 is 5.97 Å². The Balaban J connectivity index is 2.35. The Morgan fingerprint density at radius 2 is 1.79 bits per heavy atom. The second-order valence-electron chi connectivity index (χ2n) is 5.16. The van der Waals surface area contributed by atoms with Crippen molar-refractivity contribution in [3.63, 3.8) is 0 Å². The zero-order valence-corrected chi connectivity index (χ0v) is 9.67. The molecule has 0 N–H and O–H groups in total. The van der Waals surface area contributed by atoms with Crippen molar-refractivity contribution < 1.29 is 9.53 Å². The summed E-state index contributed by atoms with van der Waals surface area (Å²) in [6, 6.07) is 0. The number of carbonyl (C=O) groups is 1. The first kappa shape index (κ1) is 11.5. The second-order valence-corrected chi connectivity index (χ2v) is 5.16. The number of piperidine rings is 1. The maximum absolute atomic E-state index is 11.6. The molecule has 0 radical (unpaired) electrons. The molecule has 1 saturated heterocycles. The molecule has 0 amide bonds. The molecular weight excluding hydrogens is 178 g/mol. The quantitative estimate of drug-likeness (QED) is 0.602. The van der Waals surface area contributed by atoms with E-state index in [-0.39, 0.29) is 17.5 Å². The van der Waals surface area contributed by atoms with Gasteiger partial charge in [-0.05, 0) is 40.7 Å². The number of ether oxygens (including phenoxy) is 1. The summed E-state index contributed by atoms with van der Waals surface area (Å²) in [5.74, 6) is -0.0768. The van der Waals surface area contributed by atoms with Gasteiger partial charge in [0.1, 0.15) is 6.10 Å². The van der Waals surface area contributed by atoms with Gasteiger partial charge in [0, 0.05) is 13.1 Å². The predicted molar refractivity (Wildman–Crippen MR) is 56.1 cm³/mol. The third-order valence-corrected chi connectivity index (χ3v) is 2.55. The highest BCUT2D eigenvalue weighted by Gasteiger charge is 2.27. The Morgan fingerprint density at radius 1 is 1.29 bits per heavy atom. The van der Waals surface area contributed by atoms with Crippen LogP contribution in [0.5, 0.6) is 0 Å². The minimum Gasteiger partial charge on any atom is -0.462 e. The van der Waals surface area contributed by atoms with Crippen molar-refractivity contribution in [1.82, 2.24) is 4.90 Å². The molecule has 0 aromatic carbocycles. The van der Waals surface area contributed by atoms with Crippen LogP contribution in [0, 0.1) is 5.41 Å². The van der Waals surface area contributed by atoms with Gasteiger partial charge in [0.2, 0.25) is 0 Å². The zero-order chi connectivity index (χ0) is 10.8. The van der Waals surface area contributed by atoms with Crippen molar-refractivity contribution in [2.24, 2.45) is 5.41 Å². The Kier molecular flexibility index (Phi) is 3.53. The molecule has 0 atom stereocenters. The monoisotopic (exact) mass is 199 g/mol. The smallest absolute Gasteiger partial charge is 0.311 e. The van der Waals surface area contributed by atoms with E-state index in [1.165, 1.54) is 0 Å². The molecule has 1 fully saturated rings. The van der Waals surface area contributed by atoms with Crippen molar-refractivity contribution in [3.05, 3.63) is 0 Å². The standard InChI is InChI=1S/C11H21NO2/c1-11(2,3)10(13)14-9-5-7-12(4)8-6-9/h9H,5-8H2,1-4H3. The lowest BCUT2D eigenvalue weighted by Gasteiger charge is -2.30. The highest BCUT2D eigenvalue weighted by Crippen LogP contribution is 2.20. The number of hydrogen-bond acceptors (Lipinski definition) is 3. The molecule has 3 heteroatoms. The van der Waals surface area contributed by atoms with E-state index in [0.717, 1.165) is 25.9 Å². The van der Waals surface area contributed by atoms with Crippen LogP contribution in [0.4, 0.5) is 0 Å². The molecule has 3 nitrogen and oxygen atoms in total. The fraction of sp³-hybridized carbons (Fsp3) is 0.909. The lowest BCUT2D eigenvalue weighted by Crippen LogP contribution is -2.37. The molecule has 14 heavy (non-hydrogen) atoms. The van der Waals surface area contributed by atoms with Crippen LogP contribution in [-0.2, 0) is 9.53 Å². The van der Waals surface area contributed by atoms with Crippen LogP contribution in [0.25, 0.3) is 0 Å². The van der Waals surface area contributed by atoms with Crippen LogP contribution in [-0.4, -0.2) is 37.1 Å². The van der Waals surface area contributed by atoms with Crippen molar-refractivity contribution >= 4 is 5.97 Å². The highest BCUT2D eigenvalue weighted by atomic mass is 16.5. The second kappa shape index (κ2) is 4.30. The van der Waals surface area contributed by atoms with Crippen molar-refractivity contribution in [1.29, 1.82) is 0 Å². The molecule has 0 spiro atoms. The van der Waals surface area contributed by atoms with Crippen LogP contribution in [0.2, 0.25) is 0 Å². The number of hydrogen-bond donors (Lipinski definition) is 0. The van der Waals surface area contributed by atoms with E-state index in [1.807, 2.05) is 20.8 Å². The van der Waals surface area contributed by atoms with E-state index >= 15 is 0 Å². The van der Waals surface area contributed by atoms with Crippen molar-refractivity contribution in [2.45, 2.75) is 39.7 Å². The summed E-state index contributed by atoms with van der Waals surface area (Å²) >= 11 is 0. The summed E-state index contributed by atoms with van der Waals surface area (Å²) in [5.41, 5.74) is -0.372. The fourth-order valence-corrected chi connectivity index (χ4v) is 1.43. The van der Waals surface area contributed by atoms with Gasteiger partial charge in [-0.3, -0.25) is 4.79 Å². The normalized spacial score (nSPS) is 20.9. The van der Waals surface area contributed by atoms with E-state index in [0.29, 0.717) is 0 Å². The maximum atomic E-state index is 11.6. The summed E-state index contributed by atoms with van der Waals surface area (Å²) in [4.78, 5) is 13.8. The molecule has 0 aromatic heterocycles. The molecule has 1 aliphatic heterocycles. The SMILES string of the molecule is CN1CCC(OC(=O)C(C)(C)C)CC1. The Morgan fingerprint density at radius 3 is 2.21 bits per heavy atom. The average Bonchev–Trinajstić information content (AvgIpc) is 2.07. The minimum absolute atomic E-state index is 0.0768. The fourth-order valence-electron chi connectivity index (χ4n) is 1.43. The first-order valence-corrected chi connectivity index (χ1v) is 5.29. The molecule has 0 bridgehead atoms. The van der Waals surface area contributed by atoms with Gasteiger partial charge in [-0.2, -0.15) is 0 Å². The van der Waals surface area contributed by atoms with Gasteiger partial charge in [0.25, 0.3) is 0 Å². The summed E-state index contributed by atoms with van der Waals surface area (Å²) in [6.07, 6.45) is 2.08. The van der Waals surface area contributed by atoms with Gasteiger partial charge in [0.15, 0.2) is 0 Å². The lowest BCUT2D eigenvalue weighted by molar-refractivity contribution is -0.160. The largest absolute Gasteiger partial charge is 0.462 e.